The van der Waals surface area contributed by atoms with Crippen molar-refractivity contribution in [3.8, 4) is 12.1 Å². The summed E-state index contributed by atoms with van der Waals surface area (Å²) in [6, 6.07) is 58.0. The van der Waals surface area contributed by atoms with Crippen LogP contribution in [0.1, 0.15) is 131 Å². The first-order valence-electron chi connectivity index (χ1n) is 40.3. The fourth-order valence-electron chi connectivity index (χ4n) is 16.9. The van der Waals surface area contributed by atoms with Crippen LogP contribution in [-0.2, 0) is 19.6 Å². The maximum atomic E-state index is 13.1. The van der Waals surface area contributed by atoms with E-state index in [2.05, 4.69) is 199 Å². The third kappa shape index (κ3) is 17.9. The number of hydrogen-bond donors (Lipinski definition) is 3. The van der Waals surface area contributed by atoms with E-state index in [0.717, 1.165) is 101 Å². The highest BCUT2D eigenvalue weighted by atomic mass is 79.9. The van der Waals surface area contributed by atoms with Gasteiger partial charge in [-0.1, -0.05) is 102 Å². The number of nitrogens with one attached hydrogen (secondary N) is 3. The van der Waals surface area contributed by atoms with Crippen molar-refractivity contribution in [2.45, 2.75) is 79.3 Å². The topological polar surface area (TPSA) is 246 Å². The van der Waals surface area contributed by atoms with Gasteiger partial charge in [0.05, 0.1) is 58.5 Å². The largest absolute Gasteiger partial charge is 0.331 e. The molecular formula is C95H93BrN20O3. The molecule has 3 unspecified atom stereocenters. The van der Waals surface area contributed by atoms with Crippen LogP contribution in [0.5, 0.6) is 0 Å². The Labute approximate surface area is 702 Å². The molecular weight excluding hydrogens is 1550 g/mol. The standard InChI is InChI=1S/C32H30BrN7O.C32H31N7O.C31H32N6O/c1-21-3-8-28-29(15-21)25(20-40-10-9-35-22(40)2)16-24-17-26(33)19-36-30(24)31(28)38-11-13-39(14-12-38)32(41)37-27-6-4-23(18-34)5-7-27;1-22-5-10-28-29(18-22)26(21-39-13-12-34-23(39)2)19-25-4-3-11-35-30(25)31(28)37-14-16-38(17-15-37)32(40)36-27-8-6-24(20-33)7-9-27;1-22-10-11-27-28(19-22)25(21-37-14-13-32-23(37)2)20-24-7-6-12-33-29(24)30(27)35-15-17-36(18-16-35)31(38)34-26-8-4-3-5-9-26/h3-10,15-17,19,31H,11-14,20H2,1-2H3,(H,37,41);3-13,18-19,31H,14-17,21H2,1-2H3,(H,36,40);3-14,19-20,30H,15-18,21H2,1-2H3,(H,34,38). The van der Waals surface area contributed by atoms with E-state index in [-0.39, 0.29) is 36.2 Å². The van der Waals surface area contributed by atoms with Crippen LogP contribution >= 0.6 is 15.9 Å². The summed E-state index contributed by atoms with van der Waals surface area (Å²) in [5.74, 6) is 2.96. The number of imidazole rings is 3. The second-order valence-corrected chi connectivity index (χ2v) is 31.9. The monoisotopic (exact) mass is 1640 g/mol. The number of amides is 6. The van der Waals surface area contributed by atoms with Gasteiger partial charge in [0.15, 0.2) is 0 Å². The highest BCUT2D eigenvalue weighted by molar-refractivity contribution is 9.10. The van der Waals surface area contributed by atoms with Gasteiger partial charge in [-0.3, -0.25) is 29.7 Å². The lowest BCUT2D eigenvalue weighted by molar-refractivity contribution is 0.125. The first kappa shape index (κ1) is 79.6. The first-order chi connectivity index (χ1) is 57.9. The molecule has 24 heteroatoms. The third-order valence-corrected chi connectivity index (χ3v) is 23.7. The van der Waals surface area contributed by atoms with Gasteiger partial charge >= 0.3 is 18.1 Å². The van der Waals surface area contributed by atoms with Gasteiger partial charge in [0, 0.05) is 175 Å². The molecule has 0 saturated carbocycles. The number of nitriles is 2. The molecule has 119 heavy (non-hydrogen) atoms. The van der Waals surface area contributed by atoms with E-state index in [4.69, 9.17) is 25.5 Å². The quantitative estimate of drug-likeness (QED) is 0.103. The zero-order valence-electron chi connectivity index (χ0n) is 67.6. The number of piperazine rings is 3. The molecule has 3 atom stereocenters. The van der Waals surface area contributed by atoms with E-state index in [9.17, 15) is 14.4 Å². The number of para-hydroxylation sites is 1. The molecule has 3 fully saturated rings. The molecule has 3 saturated heterocycles. The van der Waals surface area contributed by atoms with E-state index in [0.29, 0.717) is 81.4 Å². The molecule has 0 bridgehead atoms. The molecule has 18 rings (SSSR count). The molecule has 6 aliphatic rings. The summed E-state index contributed by atoms with van der Waals surface area (Å²) in [5, 5.41) is 27.0. The normalized spacial score (nSPS) is 16.9. The van der Waals surface area contributed by atoms with Crippen LogP contribution in [0.2, 0.25) is 0 Å². The van der Waals surface area contributed by atoms with E-state index in [1.165, 1.54) is 66.8 Å². The third-order valence-electron chi connectivity index (χ3n) is 23.2. The van der Waals surface area contributed by atoms with Crippen molar-refractivity contribution < 1.29 is 14.4 Å². The molecule has 9 heterocycles. The van der Waals surface area contributed by atoms with Gasteiger partial charge in [0.25, 0.3) is 0 Å². The summed E-state index contributed by atoms with van der Waals surface area (Å²) in [4.78, 5) is 80.1. The summed E-state index contributed by atoms with van der Waals surface area (Å²) in [6.07, 6.45) is 24.1. The second-order valence-electron chi connectivity index (χ2n) is 31.0. The fraction of sp³-hybridized carbons (Fsp3) is 0.253. The molecule has 3 N–H and O–H groups in total. The predicted molar refractivity (Wildman–Crippen MR) is 469 cm³/mol. The zero-order chi connectivity index (χ0) is 82.2. The zero-order valence-corrected chi connectivity index (χ0v) is 69.1. The Morgan fingerprint density at radius 3 is 1.05 bits per heavy atom. The molecule has 12 aromatic rings. The van der Waals surface area contributed by atoms with Gasteiger partial charge in [-0.15, -0.1) is 0 Å². The van der Waals surface area contributed by atoms with Crippen molar-refractivity contribution in [3.63, 3.8) is 0 Å². The Bertz CT molecular complexity index is 5930. The Morgan fingerprint density at radius 1 is 0.378 bits per heavy atom. The number of urea groups is 3. The van der Waals surface area contributed by atoms with Gasteiger partial charge in [0.1, 0.15) is 17.5 Å². The number of fused-ring (bicyclic) bond motifs is 6. The van der Waals surface area contributed by atoms with Crippen LogP contribution in [0.4, 0.5) is 31.4 Å². The van der Waals surface area contributed by atoms with Gasteiger partial charge in [-0.2, -0.15) is 10.5 Å². The van der Waals surface area contributed by atoms with E-state index >= 15 is 0 Å². The number of pyridine rings is 3. The Hall–Kier alpha value is -13.2. The van der Waals surface area contributed by atoms with Crippen molar-refractivity contribution in [3.05, 3.63) is 336 Å². The Balaban J connectivity index is 0.000000133. The van der Waals surface area contributed by atoms with E-state index in [1.54, 1.807) is 48.5 Å². The molecule has 6 aromatic carbocycles. The number of rotatable bonds is 12. The summed E-state index contributed by atoms with van der Waals surface area (Å²) in [6.45, 7) is 22.9. The average Bonchev–Trinajstić information content (AvgIpc) is 1.66. The minimum absolute atomic E-state index is 0.0127. The summed E-state index contributed by atoms with van der Waals surface area (Å²) < 4.78 is 7.49. The van der Waals surface area contributed by atoms with Crippen LogP contribution in [0.15, 0.2) is 224 Å². The number of nitrogens with zero attached hydrogens (tertiary/aromatic N) is 17. The van der Waals surface area contributed by atoms with Crippen LogP contribution < -0.4 is 16.0 Å². The summed E-state index contributed by atoms with van der Waals surface area (Å²) in [7, 11) is 0. The number of hydrogen-bond acceptors (Lipinski definition) is 14. The molecule has 6 aromatic heterocycles. The molecule has 3 aliphatic heterocycles. The lowest BCUT2D eigenvalue weighted by Gasteiger charge is -2.39. The minimum Gasteiger partial charge on any atom is -0.331 e. The molecule has 6 amide bonds. The molecule has 3 aliphatic carbocycles. The minimum atomic E-state index is -0.131. The smallest absolute Gasteiger partial charge is 0.321 e. The number of benzene rings is 6. The number of anilines is 3. The Morgan fingerprint density at radius 2 is 0.714 bits per heavy atom. The lowest BCUT2D eigenvalue weighted by Crippen LogP contribution is -2.51. The van der Waals surface area contributed by atoms with E-state index in [1.807, 2.05) is 134 Å². The summed E-state index contributed by atoms with van der Waals surface area (Å²) in [5.41, 5.74) is 24.6. The highest BCUT2D eigenvalue weighted by Crippen LogP contribution is 2.45. The number of carbonyl (C=O) groups excluding carboxylic acids is 3. The predicted octanol–water partition coefficient (Wildman–Crippen LogP) is 16.7. The first-order valence-corrected chi connectivity index (χ1v) is 41.1. The molecule has 0 spiro atoms. The number of allylic oxidation sites excluding steroid dienone is 3. The van der Waals surface area contributed by atoms with Crippen molar-refractivity contribution in [2.24, 2.45) is 0 Å². The van der Waals surface area contributed by atoms with Crippen molar-refractivity contribution in [1.29, 1.82) is 10.5 Å². The van der Waals surface area contributed by atoms with Gasteiger partial charge in [-0.05, 0) is 221 Å². The van der Waals surface area contributed by atoms with Crippen molar-refractivity contribution in [2.75, 3.05) is 94.5 Å². The lowest BCUT2D eigenvalue weighted by atomic mass is 9.92. The number of halogens is 1. The molecule has 0 radical (unpaired) electrons. The number of aromatic nitrogens is 9. The maximum Gasteiger partial charge on any atom is 0.321 e. The fourth-order valence-corrected chi connectivity index (χ4v) is 17.2. The van der Waals surface area contributed by atoms with Crippen LogP contribution in [-0.4, -0.2) is 170 Å². The van der Waals surface area contributed by atoms with E-state index < -0.39 is 0 Å². The molecule has 23 nitrogen and oxygen atoms in total. The number of aryl methyl sites for hydroxylation is 6. The SMILES string of the molecule is Cc1ccc2c(c1)C(Cn1ccnc1C)=Cc1cc(Br)cnc1C2N1CCN(C(=O)Nc2ccc(C#N)cc2)CC1.Cc1ccc2c(c1)C(Cn1ccnc1C)=Cc1cccnc1C2N1CCN(C(=O)Nc2ccc(C#N)cc2)CC1.Cc1ccc2c(c1)C(Cn1ccnc1C)=Cc1cccnc1C2N1CCN(C(=O)Nc2ccccc2)CC1. The van der Waals surface area contributed by atoms with Gasteiger partial charge in [0.2, 0.25) is 0 Å². The summed E-state index contributed by atoms with van der Waals surface area (Å²) >= 11 is 3.64. The van der Waals surface area contributed by atoms with Crippen molar-refractivity contribution in [1.82, 2.24) is 73.0 Å². The van der Waals surface area contributed by atoms with Crippen LogP contribution in [0.3, 0.4) is 0 Å². The second kappa shape index (κ2) is 35.7. The maximum absolute atomic E-state index is 13.1. The molecule has 598 valence electrons. The van der Waals surface area contributed by atoms with Crippen LogP contribution in [0.25, 0.3) is 34.9 Å². The van der Waals surface area contributed by atoms with Gasteiger partial charge < -0.3 is 44.4 Å². The van der Waals surface area contributed by atoms with Gasteiger partial charge in [-0.25, -0.2) is 29.3 Å². The average molecular weight is 1640 g/mol. The Kier molecular flexibility index (Phi) is 23.9. The van der Waals surface area contributed by atoms with Crippen LogP contribution in [0, 0.1) is 64.2 Å². The number of carbonyl (C=O) groups is 3. The van der Waals surface area contributed by atoms with Crippen molar-refractivity contribution >= 4 is 86.0 Å². The highest BCUT2D eigenvalue weighted by Gasteiger charge is 2.38.